The van der Waals surface area contributed by atoms with Crippen molar-refractivity contribution in [2.24, 2.45) is 0 Å². The summed E-state index contributed by atoms with van der Waals surface area (Å²) in [6.45, 7) is 0. The van der Waals surface area contributed by atoms with Gasteiger partial charge in [0.25, 0.3) is 0 Å². The van der Waals surface area contributed by atoms with Crippen LogP contribution in [-0.4, -0.2) is 15.2 Å². The zero-order valence-corrected chi connectivity index (χ0v) is 8.93. The average molecular weight is 211 g/mol. The molecule has 0 bridgehead atoms. The van der Waals surface area contributed by atoms with Gasteiger partial charge in [-0.2, -0.15) is 5.10 Å². The van der Waals surface area contributed by atoms with Gasteiger partial charge in [-0.1, -0.05) is 36.4 Å². The third-order valence-corrected chi connectivity index (χ3v) is 2.71. The average Bonchev–Trinajstić information content (AvgIpc) is 3.08. The van der Waals surface area contributed by atoms with E-state index in [1.165, 1.54) is 18.4 Å². The molecule has 0 saturated heterocycles. The van der Waals surface area contributed by atoms with Gasteiger partial charge >= 0.3 is 0 Å². The molecule has 1 aliphatic carbocycles. The smallest absolute Gasteiger partial charge is 0.173 e. The van der Waals surface area contributed by atoms with E-state index >= 15 is 0 Å². The van der Waals surface area contributed by atoms with E-state index in [0.717, 1.165) is 11.6 Å². The van der Waals surface area contributed by atoms with Gasteiger partial charge < -0.3 is 0 Å². The molecule has 0 aliphatic heterocycles. The molecule has 1 fully saturated rings. The number of aromatic amines is 1. The molecule has 1 heterocycles. The zero-order chi connectivity index (χ0) is 10.8. The molecule has 1 aromatic carbocycles. The summed E-state index contributed by atoms with van der Waals surface area (Å²) in [6, 6.07) is 10.2. The van der Waals surface area contributed by atoms with Gasteiger partial charge in [-0.3, -0.25) is 5.10 Å². The van der Waals surface area contributed by atoms with E-state index in [9.17, 15) is 0 Å². The first-order chi connectivity index (χ1) is 7.92. The van der Waals surface area contributed by atoms with Crippen LogP contribution >= 0.6 is 0 Å². The van der Waals surface area contributed by atoms with Crippen molar-refractivity contribution in [3.63, 3.8) is 0 Å². The van der Waals surface area contributed by atoms with Gasteiger partial charge in [0.05, 0.1) is 0 Å². The highest BCUT2D eigenvalue weighted by molar-refractivity contribution is 5.66. The van der Waals surface area contributed by atoms with Crippen LogP contribution in [0.15, 0.2) is 30.3 Å². The molecule has 3 rings (SSSR count). The van der Waals surface area contributed by atoms with Crippen molar-refractivity contribution < 1.29 is 0 Å². The highest BCUT2D eigenvalue weighted by Crippen LogP contribution is 2.37. The Morgan fingerprint density at radius 2 is 1.94 bits per heavy atom. The van der Waals surface area contributed by atoms with Gasteiger partial charge in [0, 0.05) is 5.92 Å². The van der Waals surface area contributed by atoms with E-state index in [1.807, 2.05) is 30.4 Å². The molecule has 16 heavy (non-hydrogen) atoms. The number of nitrogens with zero attached hydrogens (tertiary/aromatic N) is 2. The molecule has 1 N–H and O–H groups in total. The fraction of sp³-hybridized carbons (Fsp3) is 0.231. The van der Waals surface area contributed by atoms with E-state index in [-0.39, 0.29) is 0 Å². The Morgan fingerprint density at radius 1 is 1.12 bits per heavy atom. The summed E-state index contributed by atoms with van der Waals surface area (Å²) in [7, 11) is 0. The number of hydrogen-bond donors (Lipinski definition) is 1. The van der Waals surface area contributed by atoms with Crippen LogP contribution in [-0.2, 0) is 0 Å². The second kappa shape index (κ2) is 3.93. The van der Waals surface area contributed by atoms with Crippen molar-refractivity contribution in [2.75, 3.05) is 0 Å². The monoisotopic (exact) mass is 211 g/mol. The van der Waals surface area contributed by atoms with Gasteiger partial charge in [0.2, 0.25) is 0 Å². The SMILES string of the molecule is C(=C\c1n[nH]c(C2CC2)n1)/c1ccccc1. The first kappa shape index (κ1) is 9.33. The second-order valence-corrected chi connectivity index (χ2v) is 4.10. The molecular weight excluding hydrogens is 198 g/mol. The Kier molecular flexibility index (Phi) is 2.29. The van der Waals surface area contributed by atoms with Crippen LogP contribution in [0.2, 0.25) is 0 Å². The van der Waals surface area contributed by atoms with Crippen LogP contribution in [0.3, 0.4) is 0 Å². The number of hydrogen-bond acceptors (Lipinski definition) is 2. The van der Waals surface area contributed by atoms with Crippen LogP contribution in [0, 0.1) is 0 Å². The minimum Gasteiger partial charge on any atom is -0.262 e. The zero-order valence-electron chi connectivity index (χ0n) is 8.93. The van der Waals surface area contributed by atoms with Crippen molar-refractivity contribution >= 4 is 12.2 Å². The lowest BCUT2D eigenvalue weighted by Crippen LogP contribution is -1.80. The fourth-order valence-corrected chi connectivity index (χ4v) is 1.64. The van der Waals surface area contributed by atoms with Gasteiger partial charge in [-0.05, 0) is 24.5 Å². The summed E-state index contributed by atoms with van der Waals surface area (Å²) in [6.07, 6.45) is 6.46. The number of benzene rings is 1. The Bertz CT molecular complexity index is 495. The molecule has 80 valence electrons. The molecule has 0 unspecified atom stereocenters. The van der Waals surface area contributed by atoms with Crippen molar-refractivity contribution in [2.45, 2.75) is 18.8 Å². The molecule has 2 aromatic rings. The summed E-state index contributed by atoms with van der Waals surface area (Å²) in [5.74, 6) is 2.44. The standard InChI is InChI=1S/C13H13N3/c1-2-4-10(5-3-1)6-9-12-14-13(16-15-12)11-7-8-11/h1-6,9,11H,7-8H2,(H,14,15,16)/b9-6+. The van der Waals surface area contributed by atoms with Gasteiger partial charge in [-0.15, -0.1) is 0 Å². The van der Waals surface area contributed by atoms with Crippen LogP contribution in [0.4, 0.5) is 0 Å². The molecular formula is C13H13N3. The lowest BCUT2D eigenvalue weighted by molar-refractivity contribution is 0.934. The largest absolute Gasteiger partial charge is 0.262 e. The predicted octanol–water partition coefficient (Wildman–Crippen LogP) is 2.85. The number of nitrogens with one attached hydrogen (secondary N) is 1. The van der Waals surface area contributed by atoms with Crippen LogP contribution < -0.4 is 0 Å². The van der Waals surface area contributed by atoms with E-state index < -0.39 is 0 Å². The van der Waals surface area contributed by atoms with Crippen molar-refractivity contribution in [3.05, 3.63) is 47.5 Å². The van der Waals surface area contributed by atoms with Gasteiger partial charge in [0.1, 0.15) is 5.82 Å². The predicted molar refractivity (Wildman–Crippen MR) is 63.7 cm³/mol. The Morgan fingerprint density at radius 3 is 2.69 bits per heavy atom. The molecule has 3 heteroatoms. The minimum atomic E-state index is 0.631. The quantitative estimate of drug-likeness (QED) is 0.848. The van der Waals surface area contributed by atoms with E-state index in [2.05, 4.69) is 27.3 Å². The summed E-state index contributed by atoms with van der Waals surface area (Å²) >= 11 is 0. The molecule has 3 nitrogen and oxygen atoms in total. The highest BCUT2D eigenvalue weighted by atomic mass is 15.2. The summed E-state index contributed by atoms with van der Waals surface area (Å²) in [4.78, 5) is 4.43. The van der Waals surface area contributed by atoms with E-state index in [1.54, 1.807) is 0 Å². The van der Waals surface area contributed by atoms with Crippen LogP contribution in [0.25, 0.3) is 12.2 Å². The van der Waals surface area contributed by atoms with E-state index in [0.29, 0.717) is 5.92 Å². The maximum atomic E-state index is 4.43. The van der Waals surface area contributed by atoms with Crippen LogP contribution in [0.5, 0.6) is 0 Å². The third kappa shape index (κ3) is 2.03. The van der Waals surface area contributed by atoms with Crippen LogP contribution in [0.1, 0.15) is 36.0 Å². The Balaban J connectivity index is 1.75. The second-order valence-electron chi connectivity index (χ2n) is 4.10. The number of aromatic nitrogens is 3. The lowest BCUT2D eigenvalue weighted by atomic mass is 10.2. The molecule has 1 aromatic heterocycles. The van der Waals surface area contributed by atoms with Crippen molar-refractivity contribution in [3.8, 4) is 0 Å². The minimum absolute atomic E-state index is 0.631. The summed E-state index contributed by atoms with van der Waals surface area (Å²) in [5, 5.41) is 7.16. The topological polar surface area (TPSA) is 41.6 Å². The molecule has 1 aliphatic rings. The Labute approximate surface area is 94.2 Å². The highest BCUT2D eigenvalue weighted by Gasteiger charge is 2.26. The maximum Gasteiger partial charge on any atom is 0.173 e. The third-order valence-electron chi connectivity index (χ3n) is 2.71. The molecule has 0 spiro atoms. The van der Waals surface area contributed by atoms with Gasteiger partial charge in [-0.25, -0.2) is 4.98 Å². The number of rotatable bonds is 3. The van der Waals surface area contributed by atoms with Crippen molar-refractivity contribution in [1.82, 2.24) is 15.2 Å². The molecule has 1 saturated carbocycles. The molecule has 0 radical (unpaired) electrons. The lowest BCUT2D eigenvalue weighted by Gasteiger charge is -1.88. The van der Waals surface area contributed by atoms with E-state index in [4.69, 9.17) is 0 Å². The first-order valence-electron chi connectivity index (χ1n) is 5.57. The molecule has 0 atom stereocenters. The Hall–Kier alpha value is -1.90. The summed E-state index contributed by atoms with van der Waals surface area (Å²) in [5.41, 5.74) is 1.17. The normalized spacial score (nSPS) is 15.8. The molecule has 0 amide bonds. The van der Waals surface area contributed by atoms with Gasteiger partial charge in [0.15, 0.2) is 5.82 Å². The summed E-state index contributed by atoms with van der Waals surface area (Å²) < 4.78 is 0. The number of H-pyrrole nitrogens is 1. The fourth-order valence-electron chi connectivity index (χ4n) is 1.64. The van der Waals surface area contributed by atoms with Crippen molar-refractivity contribution in [1.29, 1.82) is 0 Å². The first-order valence-corrected chi connectivity index (χ1v) is 5.57. The maximum absolute atomic E-state index is 4.43.